The minimum absolute atomic E-state index is 0.109. The first-order chi connectivity index (χ1) is 10.1. The number of hydrogen-bond acceptors (Lipinski definition) is 4. The van der Waals surface area contributed by atoms with Gasteiger partial charge in [0.25, 0.3) is 5.69 Å². The van der Waals surface area contributed by atoms with E-state index in [9.17, 15) is 10.1 Å². The minimum Gasteiger partial charge on any atom is -0.258 e. The molecule has 0 saturated heterocycles. The van der Waals surface area contributed by atoms with E-state index in [1.54, 1.807) is 35.0 Å². The van der Waals surface area contributed by atoms with Gasteiger partial charge in [0.2, 0.25) is 0 Å². The normalized spacial score (nSPS) is 11.0. The van der Waals surface area contributed by atoms with Crippen molar-refractivity contribution >= 4 is 22.9 Å². The average molecular weight is 303 g/mol. The SMILES string of the molecule is CCc1ccc(-c2cn3nc(Cl)ccc3n2)cc1[N+](=O)[O-]. The molecule has 0 aliphatic rings. The van der Waals surface area contributed by atoms with Gasteiger partial charge in [-0.2, -0.15) is 5.10 Å². The largest absolute Gasteiger partial charge is 0.273 e. The van der Waals surface area contributed by atoms with Gasteiger partial charge >= 0.3 is 0 Å². The van der Waals surface area contributed by atoms with Gasteiger partial charge in [-0.3, -0.25) is 10.1 Å². The number of halogens is 1. The minimum atomic E-state index is -0.368. The van der Waals surface area contributed by atoms with Crippen LogP contribution in [0, 0.1) is 10.1 Å². The summed E-state index contributed by atoms with van der Waals surface area (Å²) in [6, 6.07) is 8.53. The van der Waals surface area contributed by atoms with Gasteiger partial charge in [0, 0.05) is 17.2 Å². The summed E-state index contributed by atoms with van der Waals surface area (Å²) < 4.78 is 1.55. The van der Waals surface area contributed by atoms with Crippen LogP contribution < -0.4 is 0 Å². The Morgan fingerprint density at radius 3 is 2.86 bits per heavy atom. The molecule has 0 N–H and O–H groups in total. The highest BCUT2D eigenvalue weighted by atomic mass is 35.5. The highest BCUT2D eigenvalue weighted by molar-refractivity contribution is 6.29. The lowest BCUT2D eigenvalue weighted by Gasteiger charge is -2.02. The van der Waals surface area contributed by atoms with E-state index >= 15 is 0 Å². The maximum atomic E-state index is 11.1. The van der Waals surface area contributed by atoms with Crippen molar-refractivity contribution in [3.8, 4) is 11.3 Å². The van der Waals surface area contributed by atoms with Gasteiger partial charge in [-0.25, -0.2) is 9.50 Å². The molecule has 6 nitrogen and oxygen atoms in total. The molecule has 0 aliphatic carbocycles. The van der Waals surface area contributed by atoms with Gasteiger partial charge in [0.1, 0.15) is 5.15 Å². The second-order valence-corrected chi connectivity index (χ2v) is 4.93. The van der Waals surface area contributed by atoms with Crippen LogP contribution >= 0.6 is 11.6 Å². The maximum absolute atomic E-state index is 11.1. The summed E-state index contributed by atoms with van der Waals surface area (Å²) in [4.78, 5) is 15.2. The molecule has 0 radical (unpaired) electrons. The molecule has 2 heterocycles. The fourth-order valence-electron chi connectivity index (χ4n) is 2.19. The van der Waals surface area contributed by atoms with E-state index in [1.165, 1.54) is 0 Å². The predicted molar refractivity (Wildman–Crippen MR) is 79.5 cm³/mol. The third-order valence-corrected chi connectivity index (χ3v) is 3.45. The van der Waals surface area contributed by atoms with E-state index < -0.39 is 0 Å². The van der Waals surface area contributed by atoms with E-state index in [0.29, 0.717) is 34.0 Å². The summed E-state index contributed by atoms with van der Waals surface area (Å²) in [6.45, 7) is 1.89. The molecule has 0 amide bonds. The predicted octanol–water partition coefficient (Wildman–Crippen LogP) is 3.52. The fraction of sp³-hybridized carbons (Fsp3) is 0.143. The Morgan fingerprint density at radius 1 is 1.33 bits per heavy atom. The van der Waals surface area contributed by atoms with Crippen LogP contribution in [0.3, 0.4) is 0 Å². The number of aryl methyl sites for hydroxylation is 1. The topological polar surface area (TPSA) is 73.3 Å². The molecule has 0 saturated carbocycles. The number of imidazole rings is 1. The van der Waals surface area contributed by atoms with Crippen LogP contribution in [0.15, 0.2) is 36.5 Å². The molecule has 7 heteroatoms. The quantitative estimate of drug-likeness (QED) is 0.548. The maximum Gasteiger partial charge on any atom is 0.273 e. The van der Waals surface area contributed by atoms with Crippen molar-refractivity contribution in [3.05, 3.63) is 57.4 Å². The van der Waals surface area contributed by atoms with Crippen LogP contribution in [0.25, 0.3) is 16.9 Å². The molecule has 1 aromatic carbocycles. The van der Waals surface area contributed by atoms with Crippen molar-refractivity contribution in [1.82, 2.24) is 14.6 Å². The number of nitro benzene ring substituents is 1. The van der Waals surface area contributed by atoms with Crippen LogP contribution in [0.1, 0.15) is 12.5 Å². The number of fused-ring (bicyclic) bond motifs is 1. The monoisotopic (exact) mass is 302 g/mol. The van der Waals surface area contributed by atoms with Crippen LogP contribution in [-0.2, 0) is 6.42 Å². The first-order valence-electron chi connectivity index (χ1n) is 6.38. The second-order valence-electron chi connectivity index (χ2n) is 4.54. The molecular weight excluding hydrogens is 292 g/mol. The van der Waals surface area contributed by atoms with Crippen LogP contribution in [0.5, 0.6) is 0 Å². The van der Waals surface area contributed by atoms with Crippen molar-refractivity contribution < 1.29 is 4.92 Å². The highest BCUT2D eigenvalue weighted by Gasteiger charge is 2.15. The van der Waals surface area contributed by atoms with E-state index in [2.05, 4.69) is 10.1 Å². The van der Waals surface area contributed by atoms with Gasteiger partial charge in [0.15, 0.2) is 5.65 Å². The van der Waals surface area contributed by atoms with Crippen molar-refractivity contribution in [1.29, 1.82) is 0 Å². The Balaban J connectivity index is 2.13. The fourth-order valence-corrected chi connectivity index (χ4v) is 2.33. The summed E-state index contributed by atoms with van der Waals surface area (Å²) in [5.41, 5.74) is 2.75. The molecule has 3 rings (SSSR count). The van der Waals surface area contributed by atoms with Crippen molar-refractivity contribution in [2.75, 3.05) is 0 Å². The number of rotatable bonds is 3. The Hall–Kier alpha value is -2.47. The molecule has 0 fully saturated rings. The Bertz CT molecular complexity index is 844. The zero-order valence-corrected chi connectivity index (χ0v) is 11.9. The van der Waals surface area contributed by atoms with Crippen molar-refractivity contribution in [2.24, 2.45) is 0 Å². The molecule has 0 bridgehead atoms. The molecule has 0 spiro atoms. The van der Waals surface area contributed by atoms with E-state index in [-0.39, 0.29) is 10.6 Å². The summed E-state index contributed by atoms with van der Waals surface area (Å²) in [5, 5.41) is 15.6. The Morgan fingerprint density at radius 2 is 2.14 bits per heavy atom. The molecule has 21 heavy (non-hydrogen) atoms. The highest BCUT2D eigenvalue weighted by Crippen LogP contribution is 2.27. The molecule has 106 valence electrons. The third-order valence-electron chi connectivity index (χ3n) is 3.25. The molecule has 0 atom stereocenters. The Labute approximate surface area is 125 Å². The summed E-state index contributed by atoms with van der Waals surface area (Å²) in [6.07, 6.45) is 2.31. The molecular formula is C14H11ClN4O2. The number of aromatic nitrogens is 3. The molecule has 2 aromatic heterocycles. The lowest BCUT2D eigenvalue weighted by Crippen LogP contribution is -1.94. The summed E-state index contributed by atoms with van der Waals surface area (Å²) in [5.74, 6) is 0. The molecule has 0 unspecified atom stereocenters. The smallest absolute Gasteiger partial charge is 0.258 e. The number of hydrogen-bond donors (Lipinski definition) is 0. The standard InChI is InChI=1S/C14H11ClN4O2/c1-2-9-3-4-10(7-12(9)19(20)21)11-8-18-14(16-11)6-5-13(15)17-18/h3-8H,2H2,1H3. The van der Waals surface area contributed by atoms with E-state index in [4.69, 9.17) is 11.6 Å². The molecule has 0 aliphatic heterocycles. The van der Waals surface area contributed by atoms with Crippen molar-refractivity contribution in [2.45, 2.75) is 13.3 Å². The summed E-state index contributed by atoms with van der Waals surface area (Å²) >= 11 is 5.83. The number of nitro groups is 1. The van der Waals surface area contributed by atoms with Crippen LogP contribution in [0.4, 0.5) is 5.69 Å². The van der Waals surface area contributed by atoms with Crippen LogP contribution in [0.2, 0.25) is 5.15 Å². The summed E-state index contributed by atoms with van der Waals surface area (Å²) in [7, 11) is 0. The van der Waals surface area contributed by atoms with Gasteiger partial charge in [-0.15, -0.1) is 0 Å². The lowest BCUT2D eigenvalue weighted by molar-refractivity contribution is -0.385. The Kier molecular flexibility index (Phi) is 3.31. The first kappa shape index (κ1) is 13.5. The second kappa shape index (κ2) is 5.14. The lowest BCUT2D eigenvalue weighted by atomic mass is 10.1. The van der Waals surface area contributed by atoms with E-state index in [0.717, 1.165) is 0 Å². The average Bonchev–Trinajstić information content (AvgIpc) is 2.89. The molecule has 3 aromatic rings. The van der Waals surface area contributed by atoms with Gasteiger partial charge in [-0.05, 0) is 18.6 Å². The zero-order chi connectivity index (χ0) is 15.0. The first-order valence-corrected chi connectivity index (χ1v) is 6.76. The zero-order valence-electron chi connectivity index (χ0n) is 11.2. The van der Waals surface area contributed by atoms with E-state index in [1.807, 2.05) is 13.0 Å². The van der Waals surface area contributed by atoms with Gasteiger partial charge in [-0.1, -0.05) is 30.7 Å². The number of benzene rings is 1. The third kappa shape index (κ3) is 2.45. The van der Waals surface area contributed by atoms with Gasteiger partial charge < -0.3 is 0 Å². The van der Waals surface area contributed by atoms with Crippen LogP contribution in [-0.4, -0.2) is 19.5 Å². The number of nitrogens with zero attached hydrogens (tertiary/aromatic N) is 4. The van der Waals surface area contributed by atoms with Gasteiger partial charge in [0.05, 0.1) is 16.8 Å². The van der Waals surface area contributed by atoms with Crippen molar-refractivity contribution in [3.63, 3.8) is 0 Å².